The first-order chi connectivity index (χ1) is 9.95. The minimum Gasteiger partial charge on any atom is -0.481 e. The van der Waals surface area contributed by atoms with Crippen LogP contribution in [0.5, 0.6) is 0 Å². The summed E-state index contributed by atoms with van der Waals surface area (Å²) in [5, 5.41) is 9.79. The van der Waals surface area contributed by atoms with Crippen LogP contribution in [0.25, 0.3) is 11.0 Å². The summed E-state index contributed by atoms with van der Waals surface area (Å²) < 4.78 is 5.66. The number of hydrogen-bond acceptors (Lipinski definition) is 3. The third-order valence-electron chi connectivity index (χ3n) is 3.64. The molecule has 2 rings (SSSR count). The number of carbonyl (C=O) groups excluding carboxylic acids is 1. The molecule has 1 atom stereocenters. The minimum absolute atomic E-state index is 0.0845. The highest BCUT2D eigenvalue weighted by Crippen LogP contribution is 2.26. The van der Waals surface area contributed by atoms with Crippen molar-refractivity contribution in [1.29, 1.82) is 0 Å². The summed E-state index contributed by atoms with van der Waals surface area (Å²) in [6, 6.07) is 7.08. The largest absolute Gasteiger partial charge is 0.481 e. The van der Waals surface area contributed by atoms with Crippen LogP contribution in [0.4, 0.5) is 0 Å². The summed E-state index contributed by atoms with van der Waals surface area (Å²) in [5.41, 5.74) is 1.46. The topological polar surface area (TPSA) is 70.8 Å². The number of aryl methyl sites for hydroxylation is 1. The molecule has 5 nitrogen and oxygen atoms in total. The number of furan rings is 1. The van der Waals surface area contributed by atoms with E-state index in [2.05, 4.69) is 0 Å². The van der Waals surface area contributed by atoms with Crippen molar-refractivity contribution in [3.05, 3.63) is 35.6 Å². The van der Waals surface area contributed by atoms with E-state index >= 15 is 0 Å². The molecule has 0 aliphatic heterocycles. The second kappa shape index (κ2) is 5.99. The lowest BCUT2D eigenvalue weighted by atomic mass is 10.1. The first kappa shape index (κ1) is 15.1. The van der Waals surface area contributed by atoms with Gasteiger partial charge in [0.15, 0.2) is 5.76 Å². The van der Waals surface area contributed by atoms with Crippen LogP contribution in [0.15, 0.2) is 28.7 Å². The van der Waals surface area contributed by atoms with Crippen LogP contribution in [0.2, 0.25) is 0 Å². The fraction of sp³-hybridized carbons (Fsp3) is 0.375. The molecule has 0 aliphatic rings. The Morgan fingerprint density at radius 3 is 2.57 bits per heavy atom. The number of fused-ring (bicyclic) bond motifs is 1. The molecule has 0 bridgehead atoms. The van der Waals surface area contributed by atoms with Gasteiger partial charge >= 0.3 is 5.97 Å². The van der Waals surface area contributed by atoms with Crippen molar-refractivity contribution >= 4 is 22.8 Å². The summed E-state index contributed by atoms with van der Waals surface area (Å²) in [7, 11) is 0. The molecule has 1 aromatic carbocycles. The lowest BCUT2D eigenvalue weighted by molar-refractivity contribution is -0.138. The molecule has 1 heterocycles. The average molecular weight is 289 g/mol. The van der Waals surface area contributed by atoms with Gasteiger partial charge in [-0.25, -0.2) is 0 Å². The molecule has 1 unspecified atom stereocenters. The fourth-order valence-electron chi connectivity index (χ4n) is 2.53. The Kier molecular flexibility index (Phi) is 4.31. The number of carbonyl (C=O) groups is 2. The van der Waals surface area contributed by atoms with Crippen LogP contribution in [0, 0.1) is 6.92 Å². The van der Waals surface area contributed by atoms with Crippen LogP contribution in [0.3, 0.4) is 0 Å². The molecule has 0 fully saturated rings. The first-order valence-corrected chi connectivity index (χ1v) is 6.96. The Bertz CT molecular complexity index is 674. The predicted molar refractivity (Wildman–Crippen MR) is 79.4 cm³/mol. The molecule has 1 amide bonds. The summed E-state index contributed by atoms with van der Waals surface area (Å²) in [6.07, 6.45) is -0.0845. The summed E-state index contributed by atoms with van der Waals surface area (Å²) in [4.78, 5) is 25.0. The highest BCUT2D eigenvalue weighted by molar-refractivity contribution is 5.99. The molecule has 112 valence electrons. The van der Waals surface area contributed by atoms with Crippen molar-refractivity contribution in [2.45, 2.75) is 33.2 Å². The summed E-state index contributed by atoms with van der Waals surface area (Å²) in [5.74, 6) is -0.898. The fourth-order valence-corrected chi connectivity index (χ4v) is 2.53. The molecule has 0 aliphatic carbocycles. The van der Waals surface area contributed by atoms with Crippen molar-refractivity contribution < 1.29 is 19.1 Å². The average Bonchev–Trinajstić information content (AvgIpc) is 2.76. The summed E-state index contributed by atoms with van der Waals surface area (Å²) in [6.45, 7) is 5.83. The van der Waals surface area contributed by atoms with Crippen molar-refractivity contribution in [2.75, 3.05) is 6.54 Å². The number of carboxylic acid groups (broad SMARTS) is 1. The number of nitrogens with zero attached hydrogens (tertiary/aromatic N) is 1. The number of benzene rings is 1. The maximum absolute atomic E-state index is 12.6. The Balaban J connectivity index is 2.35. The monoisotopic (exact) mass is 289 g/mol. The van der Waals surface area contributed by atoms with Gasteiger partial charge in [0.1, 0.15) is 5.58 Å². The Morgan fingerprint density at radius 2 is 2.00 bits per heavy atom. The van der Waals surface area contributed by atoms with Crippen molar-refractivity contribution in [2.24, 2.45) is 0 Å². The molecule has 0 radical (unpaired) electrons. The Labute approximate surface area is 123 Å². The van der Waals surface area contributed by atoms with Crippen LogP contribution in [0.1, 0.15) is 36.4 Å². The molecule has 0 saturated heterocycles. The maximum Gasteiger partial charge on any atom is 0.305 e. The number of carboxylic acids is 1. The normalized spacial score (nSPS) is 12.3. The zero-order chi connectivity index (χ0) is 15.6. The highest BCUT2D eigenvalue weighted by Gasteiger charge is 2.26. The van der Waals surface area contributed by atoms with E-state index in [0.29, 0.717) is 12.1 Å². The van der Waals surface area contributed by atoms with Gasteiger partial charge in [-0.1, -0.05) is 18.2 Å². The van der Waals surface area contributed by atoms with Crippen molar-refractivity contribution in [3.63, 3.8) is 0 Å². The van der Waals surface area contributed by atoms with Gasteiger partial charge in [-0.2, -0.15) is 0 Å². The third-order valence-corrected chi connectivity index (χ3v) is 3.64. The Morgan fingerprint density at radius 1 is 1.33 bits per heavy atom. The number of para-hydroxylation sites is 1. The van der Waals surface area contributed by atoms with Gasteiger partial charge in [0.2, 0.25) is 0 Å². The first-order valence-electron chi connectivity index (χ1n) is 6.96. The molecule has 5 heteroatoms. The molecule has 21 heavy (non-hydrogen) atoms. The second-order valence-electron chi connectivity index (χ2n) is 5.09. The molecule has 2 aromatic rings. The SMILES string of the molecule is CCN(C(=O)c1oc2ccccc2c1C)C(C)CC(=O)O. The van der Waals surface area contributed by atoms with E-state index in [4.69, 9.17) is 9.52 Å². The molecule has 0 saturated carbocycles. The van der Waals surface area contributed by atoms with Gasteiger partial charge in [-0.3, -0.25) is 9.59 Å². The molecular weight excluding hydrogens is 270 g/mol. The minimum atomic E-state index is -0.921. The second-order valence-corrected chi connectivity index (χ2v) is 5.09. The van der Waals surface area contributed by atoms with Crippen LogP contribution < -0.4 is 0 Å². The van der Waals surface area contributed by atoms with Crippen LogP contribution >= 0.6 is 0 Å². The van der Waals surface area contributed by atoms with E-state index in [1.54, 1.807) is 6.92 Å². The van der Waals surface area contributed by atoms with Gasteiger partial charge in [-0.15, -0.1) is 0 Å². The molecule has 1 N–H and O–H groups in total. The summed E-state index contributed by atoms with van der Waals surface area (Å²) >= 11 is 0. The third kappa shape index (κ3) is 2.91. The number of rotatable bonds is 5. The van der Waals surface area contributed by atoms with E-state index in [9.17, 15) is 9.59 Å². The smallest absolute Gasteiger partial charge is 0.305 e. The standard InChI is InChI=1S/C16H19NO4/c1-4-17(10(2)9-14(18)19)16(20)15-11(3)12-7-5-6-8-13(12)21-15/h5-8,10H,4,9H2,1-3H3,(H,18,19). The molecule has 0 spiro atoms. The van der Waals surface area contributed by atoms with Gasteiger partial charge < -0.3 is 14.4 Å². The lowest BCUT2D eigenvalue weighted by Crippen LogP contribution is -2.39. The Hall–Kier alpha value is -2.30. The van der Waals surface area contributed by atoms with Crippen LogP contribution in [-0.4, -0.2) is 34.5 Å². The quantitative estimate of drug-likeness (QED) is 0.918. The van der Waals surface area contributed by atoms with E-state index in [1.165, 1.54) is 4.90 Å². The van der Waals surface area contributed by atoms with E-state index in [0.717, 1.165) is 10.9 Å². The van der Waals surface area contributed by atoms with E-state index in [-0.39, 0.29) is 24.1 Å². The lowest BCUT2D eigenvalue weighted by Gasteiger charge is -2.26. The van der Waals surface area contributed by atoms with Crippen LogP contribution in [-0.2, 0) is 4.79 Å². The van der Waals surface area contributed by atoms with Gasteiger partial charge in [0, 0.05) is 23.5 Å². The van der Waals surface area contributed by atoms with E-state index in [1.807, 2.05) is 38.1 Å². The molecular formula is C16H19NO4. The molecule has 1 aromatic heterocycles. The number of amides is 1. The zero-order valence-electron chi connectivity index (χ0n) is 12.4. The maximum atomic E-state index is 12.6. The van der Waals surface area contributed by atoms with E-state index < -0.39 is 5.97 Å². The predicted octanol–water partition coefficient (Wildman–Crippen LogP) is 3.07. The number of hydrogen-bond donors (Lipinski definition) is 1. The van der Waals surface area contributed by atoms with Crippen molar-refractivity contribution in [1.82, 2.24) is 4.90 Å². The highest BCUT2D eigenvalue weighted by atomic mass is 16.4. The van der Waals surface area contributed by atoms with Gasteiger partial charge in [0.05, 0.1) is 6.42 Å². The van der Waals surface area contributed by atoms with Gasteiger partial charge in [-0.05, 0) is 26.8 Å². The van der Waals surface area contributed by atoms with Gasteiger partial charge in [0.25, 0.3) is 5.91 Å². The zero-order valence-corrected chi connectivity index (χ0v) is 12.4. The van der Waals surface area contributed by atoms with Crippen molar-refractivity contribution in [3.8, 4) is 0 Å². The number of aliphatic carboxylic acids is 1.